The summed E-state index contributed by atoms with van der Waals surface area (Å²) in [6.07, 6.45) is 2.57. The highest BCUT2D eigenvalue weighted by molar-refractivity contribution is 9.10. The number of carbonyl (C=O) groups is 3. The molecule has 2 heterocycles. The van der Waals surface area contributed by atoms with Gasteiger partial charge in [0.25, 0.3) is 11.8 Å². The summed E-state index contributed by atoms with van der Waals surface area (Å²) in [4.78, 5) is 39.7. The number of aryl methyl sites for hydroxylation is 1. The zero-order valence-corrected chi connectivity index (χ0v) is 24.5. The molecule has 214 valence electrons. The van der Waals surface area contributed by atoms with Crippen molar-refractivity contribution in [1.82, 2.24) is 10.7 Å². The molecule has 1 saturated heterocycles. The maximum atomic E-state index is 13.6. The zero-order valence-electron chi connectivity index (χ0n) is 22.1. The molecule has 1 aliphatic heterocycles. The maximum absolute atomic E-state index is 13.6. The topological polar surface area (TPSA) is 167 Å². The molecule has 0 bridgehead atoms. The number of carbonyl (C=O) groups excluding carboxylic acids is 3. The van der Waals surface area contributed by atoms with Gasteiger partial charge in [0.2, 0.25) is 6.29 Å². The Hall–Kier alpha value is -2.74. The molecule has 1 aromatic carbocycles. The van der Waals surface area contributed by atoms with E-state index in [0.717, 1.165) is 19.1 Å². The number of ether oxygens (including phenoxy) is 2. The van der Waals surface area contributed by atoms with Crippen LogP contribution in [-0.2, 0) is 33.6 Å². The van der Waals surface area contributed by atoms with Crippen LogP contribution in [0.1, 0.15) is 72.2 Å². The summed E-state index contributed by atoms with van der Waals surface area (Å²) in [5.41, 5.74) is 3.01. The van der Waals surface area contributed by atoms with Gasteiger partial charge in [-0.15, -0.1) is 0 Å². The van der Waals surface area contributed by atoms with Crippen molar-refractivity contribution in [3.05, 3.63) is 57.5 Å². The van der Waals surface area contributed by atoms with Crippen LogP contribution in [-0.4, -0.2) is 51.9 Å². The number of rotatable bonds is 11. The second kappa shape index (κ2) is 13.1. The van der Waals surface area contributed by atoms with Crippen molar-refractivity contribution in [2.24, 2.45) is 5.84 Å². The Balaban J connectivity index is 2.13. The van der Waals surface area contributed by atoms with E-state index in [4.69, 9.17) is 19.7 Å². The molecule has 0 spiro atoms. The first-order valence-electron chi connectivity index (χ1n) is 12.6. The summed E-state index contributed by atoms with van der Waals surface area (Å²) in [5, 5.41) is 2.67. The third-order valence-corrected chi connectivity index (χ3v) is 8.99. The highest BCUT2D eigenvalue weighted by Crippen LogP contribution is 2.40. The van der Waals surface area contributed by atoms with E-state index in [1.165, 1.54) is 12.1 Å². The largest absolute Gasteiger partial charge is 0.444 e. The van der Waals surface area contributed by atoms with Gasteiger partial charge in [0.1, 0.15) is 0 Å². The van der Waals surface area contributed by atoms with Crippen LogP contribution in [0.3, 0.4) is 0 Å². The van der Waals surface area contributed by atoms with Gasteiger partial charge in [-0.1, -0.05) is 37.1 Å². The van der Waals surface area contributed by atoms with E-state index in [1.807, 2.05) is 5.43 Å². The molecule has 3 rings (SSSR count). The number of halogens is 1. The quantitative estimate of drug-likeness (QED) is 0.147. The van der Waals surface area contributed by atoms with Crippen molar-refractivity contribution >= 4 is 43.6 Å². The maximum Gasteiger partial charge on any atom is 0.317 e. The van der Waals surface area contributed by atoms with Gasteiger partial charge in [0, 0.05) is 19.2 Å². The minimum atomic E-state index is -4.12. The summed E-state index contributed by atoms with van der Waals surface area (Å²) in [6, 6.07) is 7.81. The van der Waals surface area contributed by atoms with Crippen molar-refractivity contribution in [2.45, 2.75) is 62.9 Å². The number of hydrazine groups is 1. The molecule has 0 radical (unpaired) electrons. The summed E-state index contributed by atoms with van der Waals surface area (Å²) in [6.45, 7) is 3.68. The van der Waals surface area contributed by atoms with E-state index in [9.17, 15) is 22.8 Å². The summed E-state index contributed by atoms with van der Waals surface area (Å²) in [7, 11) is -4.12. The van der Waals surface area contributed by atoms with Gasteiger partial charge >= 0.3 is 5.97 Å². The van der Waals surface area contributed by atoms with E-state index < -0.39 is 44.6 Å². The van der Waals surface area contributed by atoms with Gasteiger partial charge in [-0.3, -0.25) is 19.8 Å². The molecule has 2 aromatic rings. The Bertz CT molecular complexity index is 1310. The molecule has 2 amide bonds. The van der Waals surface area contributed by atoms with Gasteiger partial charge in [-0.2, -0.15) is 0 Å². The lowest BCUT2D eigenvalue weighted by atomic mass is 9.83. The number of furan rings is 1. The van der Waals surface area contributed by atoms with Crippen molar-refractivity contribution in [1.29, 1.82) is 0 Å². The van der Waals surface area contributed by atoms with Crippen LogP contribution in [0.15, 0.2) is 39.4 Å². The fourth-order valence-corrected chi connectivity index (χ4v) is 6.65. The SMILES string of the molecule is CCC[C@](C(=O)NN)(c1ccc(C)cc1[C@H](CNC(=O)c1ccc(Br)o1)C(=O)OC1CCCCO1)S(C)(=O)=O. The molecule has 11 nitrogen and oxygen atoms in total. The van der Waals surface area contributed by atoms with Crippen molar-refractivity contribution in [3.63, 3.8) is 0 Å². The van der Waals surface area contributed by atoms with Crippen LogP contribution >= 0.6 is 15.9 Å². The van der Waals surface area contributed by atoms with Gasteiger partial charge in [-0.05, 0) is 65.4 Å². The number of hydrogen-bond acceptors (Lipinski definition) is 9. The number of benzene rings is 1. The van der Waals surface area contributed by atoms with Gasteiger partial charge in [0.05, 0.1) is 12.5 Å². The molecule has 13 heteroatoms. The number of nitrogens with one attached hydrogen (secondary N) is 2. The number of hydrogen-bond donors (Lipinski definition) is 3. The Morgan fingerprint density at radius 1 is 1.23 bits per heavy atom. The van der Waals surface area contributed by atoms with Crippen molar-refractivity contribution in [2.75, 3.05) is 19.4 Å². The van der Waals surface area contributed by atoms with E-state index in [1.54, 1.807) is 32.0 Å². The minimum absolute atomic E-state index is 0.00745. The van der Waals surface area contributed by atoms with E-state index >= 15 is 0 Å². The summed E-state index contributed by atoms with van der Waals surface area (Å²) in [5.74, 6) is 2.05. The summed E-state index contributed by atoms with van der Waals surface area (Å²) < 4.78 is 41.4. The highest BCUT2D eigenvalue weighted by Gasteiger charge is 2.51. The Labute approximate surface area is 236 Å². The van der Waals surface area contributed by atoms with Crippen molar-refractivity contribution < 1.29 is 36.7 Å². The van der Waals surface area contributed by atoms with Crippen LogP contribution in [0.2, 0.25) is 0 Å². The minimum Gasteiger partial charge on any atom is -0.444 e. The third kappa shape index (κ3) is 6.89. The molecular weight excluding hydrogens is 594 g/mol. The standard InChI is InChI=1S/C26H34BrN3O8S/c1-4-12-26(25(33)30-28,39(3,34)35)19-9-8-16(2)14-17(19)18(24(32)38-22-7-5-6-13-36-22)15-29-23(31)20-10-11-21(27)37-20/h8-11,14,18,22H,4-7,12-13,15,28H2,1-3H3,(H,29,31)(H,30,33)/t18-,22?,26+/m0/s1. The first-order valence-corrected chi connectivity index (χ1v) is 15.3. The molecule has 1 aliphatic rings. The monoisotopic (exact) mass is 627 g/mol. The fraction of sp³-hybridized carbons (Fsp3) is 0.500. The lowest BCUT2D eigenvalue weighted by Gasteiger charge is -2.34. The van der Waals surface area contributed by atoms with Gasteiger partial charge in [-0.25, -0.2) is 14.3 Å². The first-order chi connectivity index (χ1) is 18.4. The van der Waals surface area contributed by atoms with Crippen molar-refractivity contribution in [3.8, 4) is 0 Å². The molecule has 1 fully saturated rings. The molecular formula is C26H34BrN3O8S. The van der Waals surface area contributed by atoms with Crippen LogP contribution < -0.4 is 16.6 Å². The molecule has 0 saturated carbocycles. The normalized spacial score (nSPS) is 18.0. The number of amides is 2. The smallest absolute Gasteiger partial charge is 0.317 e. The van der Waals surface area contributed by atoms with Crippen LogP contribution in [0, 0.1) is 6.92 Å². The first kappa shape index (κ1) is 30.8. The Morgan fingerprint density at radius 2 is 1.97 bits per heavy atom. The average Bonchev–Trinajstić information content (AvgIpc) is 3.33. The Kier molecular flexibility index (Phi) is 10.3. The zero-order chi connectivity index (χ0) is 28.8. The van der Waals surface area contributed by atoms with E-state index in [0.29, 0.717) is 29.7 Å². The molecule has 39 heavy (non-hydrogen) atoms. The second-order valence-electron chi connectivity index (χ2n) is 9.51. The third-order valence-electron chi connectivity index (χ3n) is 6.68. The lowest BCUT2D eigenvalue weighted by Crippen LogP contribution is -2.52. The highest BCUT2D eigenvalue weighted by atomic mass is 79.9. The molecule has 4 N–H and O–H groups in total. The average molecular weight is 629 g/mol. The molecule has 0 aliphatic carbocycles. The van der Waals surface area contributed by atoms with Crippen LogP contribution in [0.5, 0.6) is 0 Å². The molecule has 3 atom stereocenters. The van der Waals surface area contributed by atoms with Crippen LogP contribution in [0.4, 0.5) is 0 Å². The lowest BCUT2D eigenvalue weighted by molar-refractivity contribution is -0.188. The number of esters is 1. The predicted octanol–water partition coefficient (Wildman–Crippen LogP) is 2.96. The fourth-order valence-electron chi connectivity index (χ4n) is 4.79. The van der Waals surface area contributed by atoms with E-state index in [2.05, 4.69) is 21.2 Å². The number of nitrogens with two attached hydrogens (primary N) is 1. The summed E-state index contributed by atoms with van der Waals surface area (Å²) >= 11 is 3.15. The second-order valence-corrected chi connectivity index (χ2v) is 12.5. The molecule has 1 aromatic heterocycles. The molecule has 1 unspecified atom stereocenters. The van der Waals surface area contributed by atoms with Gasteiger partial charge in [0.15, 0.2) is 25.0 Å². The van der Waals surface area contributed by atoms with Gasteiger partial charge < -0.3 is 19.2 Å². The predicted molar refractivity (Wildman–Crippen MR) is 146 cm³/mol. The van der Waals surface area contributed by atoms with E-state index in [-0.39, 0.29) is 29.9 Å². The Morgan fingerprint density at radius 3 is 2.54 bits per heavy atom. The number of sulfone groups is 1. The van der Waals surface area contributed by atoms with Crippen LogP contribution in [0.25, 0.3) is 0 Å².